The third-order valence-corrected chi connectivity index (χ3v) is 4.22. The Balaban J connectivity index is 2.00. The molecule has 128 valence electrons. The van der Waals surface area contributed by atoms with Gasteiger partial charge in [-0.1, -0.05) is 22.0 Å². The van der Waals surface area contributed by atoms with Crippen LogP contribution in [0, 0.1) is 0 Å². The van der Waals surface area contributed by atoms with E-state index in [0.717, 1.165) is 4.47 Å². The first-order valence-electron chi connectivity index (χ1n) is 7.38. The summed E-state index contributed by atoms with van der Waals surface area (Å²) in [7, 11) is 2.85. The predicted molar refractivity (Wildman–Crippen MR) is 98.3 cm³/mol. The van der Waals surface area contributed by atoms with E-state index in [9.17, 15) is 9.59 Å². The van der Waals surface area contributed by atoms with Crippen LogP contribution in [0.25, 0.3) is 10.9 Å². The summed E-state index contributed by atoms with van der Waals surface area (Å²) in [6.45, 7) is 0. The minimum atomic E-state index is -0.576. The number of hydrogen-bond acceptors (Lipinski definition) is 4. The number of carbonyl (C=O) groups is 2. The van der Waals surface area contributed by atoms with Crippen LogP contribution in [0.4, 0.5) is 5.69 Å². The molecule has 2 aromatic carbocycles. The zero-order valence-electron chi connectivity index (χ0n) is 13.6. The van der Waals surface area contributed by atoms with Crippen LogP contribution >= 0.6 is 15.9 Å². The molecule has 0 unspecified atom stereocenters. The molecule has 0 aliphatic carbocycles. The minimum Gasteiger partial charge on any atom is -0.497 e. The molecule has 0 atom stereocenters. The van der Waals surface area contributed by atoms with Gasteiger partial charge in [-0.2, -0.15) is 0 Å². The van der Waals surface area contributed by atoms with Crippen molar-refractivity contribution in [3.05, 3.63) is 58.2 Å². The molecular formula is C18H15BrN2O4. The molecule has 3 aromatic rings. The number of H-pyrrole nitrogens is 1. The van der Waals surface area contributed by atoms with Gasteiger partial charge in [-0.3, -0.25) is 4.79 Å². The number of hydrogen-bond donors (Lipinski definition) is 2. The van der Waals surface area contributed by atoms with Gasteiger partial charge in [0, 0.05) is 21.1 Å². The molecule has 0 saturated carbocycles. The van der Waals surface area contributed by atoms with E-state index in [0.29, 0.717) is 22.3 Å². The summed E-state index contributed by atoms with van der Waals surface area (Å²) in [5.74, 6) is -0.324. The Hall–Kier alpha value is -2.80. The van der Waals surface area contributed by atoms with Crippen molar-refractivity contribution >= 4 is 44.4 Å². The van der Waals surface area contributed by atoms with Crippen molar-refractivity contribution in [2.45, 2.75) is 0 Å². The van der Waals surface area contributed by atoms with Gasteiger partial charge in [0.1, 0.15) is 11.4 Å². The van der Waals surface area contributed by atoms with E-state index in [-0.39, 0.29) is 11.3 Å². The quantitative estimate of drug-likeness (QED) is 0.646. The van der Waals surface area contributed by atoms with Gasteiger partial charge in [0.05, 0.1) is 19.8 Å². The molecule has 0 fully saturated rings. The second-order valence-electron chi connectivity index (χ2n) is 5.24. The third kappa shape index (κ3) is 3.36. The number of fused-ring (bicyclic) bond motifs is 1. The molecule has 2 N–H and O–H groups in total. The van der Waals surface area contributed by atoms with Crippen LogP contribution in [0.1, 0.15) is 20.8 Å². The topological polar surface area (TPSA) is 80.4 Å². The smallest absolute Gasteiger partial charge is 0.340 e. The van der Waals surface area contributed by atoms with E-state index in [2.05, 4.69) is 26.2 Å². The van der Waals surface area contributed by atoms with Crippen molar-refractivity contribution < 1.29 is 19.1 Å². The molecule has 0 aliphatic rings. The standard InChI is InChI=1S/C18H15BrN2O4/c1-24-12-6-4-11(5-7-12)20-17(22)16-15(18(23)25-2)13-8-3-10(19)9-14(13)21-16/h3-9,21H,1-2H3,(H,20,22). The monoisotopic (exact) mass is 402 g/mol. The number of aromatic amines is 1. The average molecular weight is 403 g/mol. The van der Waals surface area contributed by atoms with E-state index in [4.69, 9.17) is 9.47 Å². The summed E-state index contributed by atoms with van der Waals surface area (Å²) in [5.41, 5.74) is 1.60. The molecule has 0 saturated heterocycles. The lowest BCUT2D eigenvalue weighted by atomic mass is 10.1. The molecule has 0 aliphatic heterocycles. The first kappa shape index (κ1) is 17.0. The molecule has 0 radical (unpaired) electrons. The highest BCUT2D eigenvalue weighted by atomic mass is 79.9. The molecule has 0 spiro atoms. The number of carbonyl (C=O) groups excluding carboxylic acids is 2. The summed E-state index contributed by atoms with van der Waals surface area (Å²) >= 11 is 3.38. The number of esters is 1. The molecule has 7 heteroatoms. The number of anilines is 1. The molecular weight excluding hydrogens is 388 g/mol. The summed E-state index contributed by atoms with van der Waals surface area (Å²) < 4.78 is 10.8. The minimum absolute atomic E-state index is 0.149. The highest BCUT2D eigenvalue weighted by molar-refractivity contribution is 9.10. The molecule has 25 heavy (non-hydrogen) atoms. The number of benzene rings is 2. The van der Waals surface area contributed by atoms with Gasteiger partial charge in [-0.05, 0) is 36.4 Å². The molecule has 0 bridgehead atoms. The van der Waals surface area contributed by atoms with Gasteiger partial charge < -0.3 is 19.8 Å². The summed E-state index contributed by atoms with van der Waals surface area (Å²) in [4.78, 5) is 27.9. The van der Waals surface area contributed by atoms with Gasteiger partial charge >= 0.3 is 5.97 Å². The number of aromatic nitrogens is 1. The van der Waals surface area contributed by atoms with Crippen LogP contribution in [0.5, 0.6) is 5.75 Å². The van der Waals surface area contributed by atoms with E-state index in [1.54, 1.807) is 49.6 Å². The fourth-order valence-electron chi connectivity index (χ4n) is 2.52. The van der Waals surface area contributed by atoms with Gasteiger partial charge in [0.15, 0.2) is 0 Å². The van der Waals surface area contributed by atoms with E-state index >= 15 is 0 Å². The van der Waals surface area contributed by atoms with Crippen molar-refractivity contribution in [1.82, 2.24) is 4.98 Å². The zero-order valence-corrected chi connectivity index (χ0v) is 15.1. The molecule has 1 amide bonds. The van der Waals surface area contributed by atoms with Gasteiger partial charge in [-0.25, -0.2) is 4.79 Å². The van der Waals surface area contributed by atoms with E-state index < -0.39 is 11.9 Å². The second-order valence-corrected chi connectivity index (χ2v) is 6.15. The normalized spacial score (nSPS) is 10.5. The maximum absolute atomic E-state index is 12.7. The number of rotatable bonds is 4. The lowest BCUT2D eigenvalue weighted by Gasteiger charge is -2.07. The molecule has 1 aromatic heterocycles. The van der Waals surface area contributed by atoms with Crippen LogP contribution in [0.15, 0.2) is 46.9 Å². The van der Waals surface area contributed by atoms with Crippen molar-refractivity contribution in [1.29, 1.82) is 0 Å². The van der Waals surface area contributed by atoms with Crippen molar-refractivity contribution in [2.75, 3.05) is 19.5 Å². The average Bonchev–Trinajstić information content (AvgIpc) is 3.00. The Kier molecular flexibility index (Phi) is 4.76. The Bertz CT molecular complexity index is 948. The van der Waals surface area contributed by atoms with Gasteiger partial charge in [0.2, 0.25) is 0 Å². The van der Waals surface area contributed by atoms with Crippen LogP contribution in [0.2, 0.25) is 0 Å². The maximum atomic E-state index is 12.7. The Morgan fingerprint density at radius 3 is 2.44 bits per heavy atom. The van der Waals surface area contributed by atoms with Crippen molar-refractivity contribution in [3.63, 3.8) is 0 Å². The molecule has 1 heterocycles. The zero-order chi connectivity index (χ0) is 18.0. The van der Waals surface area contributed by atoms with Crippen LogP contribution < -0.4 is 10.1 Å². The lowest BCUT2D eigenvalue weighted by molar-refractivity contribution is 0.0599. The number of halogens is 1. The first-order chi connectivity index (χ1) is 12.0. The Morgan fingerprint density at radius 1 is 1.08 bits per heavy atom. The SMILES string of the molecule is COC(=O)c1c(C(=O)Nc2ccc(OC)cc2)[nH]c2cc(Br)ccc12. The van der Waals surface area contributed by atoms with Crippen LogP contribution in [-0.2, 0) is 4.74 Å². The lowest BCUT2D eigenvalue weighted by Crippen LogP contribution is -2.16. The molecule has 3 rings (SSSR count). The fourth-order valence-corrected chi connectivity index (χ4v) is 2.88. The fraction of sp³-hybridized carbons (Fsp3) is 0.111. The summed E-state index contributed by atoms with van der Waals surface area (Å²) in [6.07, 6.45) is 0. The Labute approximate surface area is 152 Å². The van der Waals surface area contributed by atoms with Crippen molar-refractivity contribution in [3.8, 4) is 5.75 Å². The first-order valence-corrected chi connectivity index (χ1v) is 8.17. The summed E-state index contributed by atoms with van der Waals surface area (Å²) in [5, 5.41) is 3.38. The number of ether oxygens (including phenoxy) is 2. The number of amides is 1. The van der Waals surface area contributed by atoms with Crippen LogP contribution in [0.3, 0.4) is 0 Å². The third-order valence-electron chi connectivity index (χ3n) is 3.73. The second kappa shape index (κ2) is 6.98. The predicted octanol–water partition coefficient (Wildman–Crippen LogP) is 3.98. The highest BCUT2D eigenvalue weighted by Crippen LogP contribution is 2.27. The number of nitrogens with one attached hydrogen (secondary N) is 2. The Morgan fingerprint density at radius 2 is 1.80 bits per heavy atom. The van der Waals surface area contributed by atoms with Crippen LogP contribution in [-0.4, -0.2) is 31.1 Å². The largest absolute Gasteiger partial charge is 0.497 e. The highest BCUT2D eigenvalue weighted by Gasteiger charge is 2.24. The van der Waals surface area contributed by atoms with Gasteiger partial charge in [-0.15, -0.1) is 0 Å². The molecule has 6 nitrogen and oxygen atoms in total. The van der Waals surface area contributed by atoms with Gasteiger partial charge in [0.25, 0.3) is 5.91 Å². The summed E-state index contributed by atoms with van der Waals surface area (Å²) in [6, 6.07) is 12.3. The number of methoxy groups -OCH3 is 2. The van der Waals surface area contributed by atoms with Crippen molar-refractivity contribution in [2.24, 2.45) is 0 Å². The van der Waals surface area contributed by atoms with E-state index in [1.165, 1.54) is 7.11 Å². The van der Waals surface area contributed by atoms with E-state index in [1.807, 2.05) is 0 Å². The maximum Gasteiger partial charge on any atom is 0.340 e.